The highest BCUT2D eigenvalue weighted by atomic mass is 35.5. The van der Waals surface area contributed by atoms with Crippen molar-refractivity contribution in [3.63, 3.8) is 0 Å². The van der Waals surface area contributed by atoms with Gasteiger partial charge in [-0.2, -0.15) is 0 Å². The number of hydrogen-bond donors (Lipinski definition) is 2. The molecular formula is C18H15ClN4O2. The zero-order valence-electron chi connectivity index (χ0n) is 13.4. The molecule has 4 rings (SSSR count). The summed E-state index contributed by atoms with van der Waals surface area (Å²) in [6.45, 7) is 0. The molecule has 0 radical (unpaired) electrons. The van der Waals surface area contributed by atoms with Gasteiger partial charge >= 0.3 is 0 Å². The lowest BCUT2D eigenvalue weighted by atomic mass is 10.2. The van der Waals surface area contributed by atoms with Gasteiger partial charge in [-0.25, -0.2) is 4.98 Å². The molecule has 1 aliphatic heterocycles. The number of nitrogens with zero attached hydrogens (tertiary/aromatic N) is 2. The lowest BCUT2D eigenvalue weighted by molar-refractivity contribution is -0.115. The van der Waals surface area contributed by atoms with Crippen LogP contribution in [0.4, 0.5) is 5.69 Å². The maximum atomic E-state index is 12.9. The molecular weight excluding hydrogens is 340 g/mol. The van der Waals surface area contributed by atoms with Gasteiger partial charge in [-0.05, 0) is 24.3 Å². The third-order valence-electron chi connectivity index (χ3n) is 4.05. The van der Waals surface area contributed by atoms with E-state index in [1.165, 1.54) is 0 Å². The topological polar surface area (TPSA) is 70.2 Å². The number of nitrogens with one attached hydrogen (secondary N) is 2. The number of amides is 1. The van der Waals surface area contributed by atoms with Crippen LogP contribution >= 0.6 is 11.6 Å². The molecule has 0 spiro atoms. The molecule has 0 saturated carbocycles. The van der Waals surface area contributed by atoms with Crippen LogP contribution in [-0.4, -0.2) is 29.3 Å². The van der Waals surface area contributed by atoms with Crippen LogP contribution in [0, 0.1) is 0 Å². The van der Waals surface area contributed by atoms with Crippen LogP contribution < -0.4 is 10.2 Å². The van der Waals surface area contributed by atoms with E-state index >= 15 is 0 Å². The number of fused-ring (bicyclic) bond motifs is 1. The first-order valence-corrected chi connectivity index (χ1v) is 8.07. The molecule has 1 fully saturated rings. The van der Waals surface area contributed by atoms with E-state index in [4.69, 9.17) is 16.3 Å². The van der Waals surface area contributed by atoms with Crippen molar-refractivity contribution < 1.29 is 9.53 Å². The van der Waals surface area contributed by atoms with E-state index in [-0.39, 0.29) is 5.91 Å². The zero-order valence-corrected chi connectivity index (χ0v) is 14.1. The van der Waals surface area contributed by atoms with E-state index in [0.717, 1.165) is 16.6 Å². The van der Waals surface area contributed by atoms with Crippen LogP contribution in [0.15, 0.2) is 54.5 Å². The van der Waals surface area contributed by atoms with Gasteiger partial charge in [-0.1, -0.05) is 29.8 Å². The molecule has 6 nitrogen and oxygen atoms in total. The average molecular weight is 355 g/mol. The third kappa shape index (κ3) is 2.75. The number of pyridine rings is 1. The van der Waals surface area contributed by atoms with Gasteiger partial charge in [0.25, 0.3) is 5.91 Å². The van der Waals surface area contributed by atoms with Gasteiger partial charge in [0.15, 0.2) is 0 Å². The van der Waals surface area contributed by atoms with Crippen LogP contribution in [0.1, 0.15) is 5.56 Å². The van der Waals surface area contributed by atoms with Crippen molar-refractivity contribution in [2.45, 2.75) is 6.35 Å². The van der Waals surface area contributed by atoms with Gasteiger partial charge in [0.05, 0.1) is 5.02 Å². The number of para-hydroxylation sites is 1. The van der Waals surface area contributed by atoms with Crippen molar-refractivity contribution >= 4 is 40.3 Å². The third-order valence-corrected chi connectivity index (χ3v) is 4.26. The van der Waals surface area contributed by atoms with Gasteiger partial charge in [0.2, 0.25) is 6.35 Å². The molecule has 2 aromatic heterocycles. The van der Waals surface area contributed by atoms with Crippen molar-refractivity contribution in [2.75, 3.05) is 12.0 Å². The van der Waals surface area contributed by atoms with Gasteiger partial charge in [0, 0.05) is 36.1 Å². The molecule has 2 N–H and O–H groups in total. The van der Waals surface area contributed by atoms with Gasteiger partial charge in [0.1, 0.15) is 11.3 Å². The molecule has 7 heteroatoms. The standard InChI is InChI=1S/C18H15ClN4O2/c1-25-18-22-15(17(24)23(18)13-5-3-2-4-6-13)7-11-9-20-16-14(11)8-12(19)10-21-16/h2-10,18,22H,1H3,(H,20,21)/b15-7-. The van der Waals surface area contributed by atoms with Crippen LogP contribution in [0.5, 0.6) is 0 Å². The monoisotopic (exact) mass is 354 g/mol. The maximum Gasteiger partial charge on any atom is 0.278 e. The smallest absolute Gasteiger partial charge is 0.278 e. The Morgan fingerprint density at radius 3 is 2.88 bits per heavy atom. The van der Waals surface area contributed by atoms with Crippen LogP contribution in [-0.2, 0) is 9.53 Å². The number of aromatic nitrogens is 2. The summed E-state index contributed by atoms with van der Waals surface area (Å²) >= 11 is 6.03. The number of benzene rings is 1. The van der Waals surface area contributed by atoms with Crippen LogP contribution in [0.3, 0.4) is 0 Å². The Hall–Kier alpha value is -2.83. The van der Waals surface area contributed by atoms with Crippen molar-refractivity contribution in [3.8, 4) is 0 Å². The summed E-state index contributed by atoms with van der Waals surface area (Å²) in [6, 6.07) is 11.2. The second-order valence-corrected chi connectivity index (χ2v) is 6.03. The molecule has 1 unspecified atom stereocenters. The number of methoxy groups -OCH3 is 1. The first-order chi connectivity index (χ1) is 12.2. The molecule has 0 aliphatic carbocycles. The van der Waals surface area contributed by atoms with Crippen molar-refractivity contribution in [3.05, 3.63) is 65.1 Å². The Balaban J connectivity index is 1.74. The largest absolute Gasteiger partial charge is 0.346 e. The number of halogens is 1. The van der Waals surface area contributed by atoms with E-state index in [0.29, 0.717) is 16.4 Å². The number of anilines is 1. The predicted octanol–water partition coefficient (Wildman–Crippen LogP) is 3.12. The zero-order chi connectivity index (χ0) is 17.4. The Labute approximate surface area is 149 Å². The Morgan fingerprint density at radius 1 is 1.32 bits per heavy atom. The van der Waals surface area contributed by atoms with E-state index in [1.54, 1.807) is 30.5 Å². The normalized spacial score (nSPS) is 19.0. The predicted molar refractivity (Wildman–Crippen MR) is 96.9 cm³/mol. The molecule has 1 saturated heterocycles. The van der Waals surface area contributed by atoms with Crippen LogP contribution in [0.2, 0.25) is 5.02 Å². The first-order valence-electron chi connectivity index (χ1n) is 7.69. The Bertz CT molecular complexity index is 968. The molecule has 1 aromatic carbocycles. The fraction of sp³-hybridized carbons (Fsp3) is 0.111. The highest BCUT2D eigenvalue weighted by Gasteiger charge is 2.36. The number of carbonyl (C=O) groups excluding carboxylic acids is 1. The number of carbonyl (C=O) groups is 1. The molecule has 25 heavy (non-hydrogen) atoms. The number of hydrogen-bond acceptors (Lipinski definition) is 4. The molecule has 1 amide bonds. The summed E-state index contributed by atoms with van der Waals surface area (Å²) < 4.78 is 5.42. The lowest BCUT2D eigenvalue weighted by Crippen LogP contribution is -2.38. The first kappa shape index (κ1) is 15.7. The molecule has 1 atom stereocenters. The van der Waals surface area contributed by atoms with Crippen molar-refractivity contribution in [1.82, 2.24) is 15.3 Å². The Morgan fingerprint density at radius 2 is 2.12 bits per heavy atom. The summed E-state index contributed by atoms with van der Waals surface area (Å²) in [6.07, 6.45) is 4.58. The fourth-order valence-electron chi connectivity index (χ4n) is 2.88. The molecule has 3 aromatic rings. The van der Waals surface area contributed by atoms with Crippen molar-refractivity contribution in [2.24, 2.45) is 0 Å². The highest BCUT2D eigenvalue weighted by Crippen LogP contribution is 2.27. The molecule has 3 heterocycles. The highest BCUT2D eigenvalue weighted by molar-refractivity contribution is 6.31. The van der Waals surface area contributed by atoms with Gasteiger partial charge < -0.3 is 15.0 Å². The fourth-order valence-corrected chi connectivity index (χ4v) is 3.04. The van der Waals surface area contributed by atoms with E-state index in [1.807, 2.05) is 36.4 Å². The summed E-state index contributed by atoms with van der Waals surface area (Å²) in [5.41, 5.74) is 2.74. The minimum atomic E-state index is -0.562. The van der Waals surface area contributed by atoms with E-state index in [9.17, 15) is 4.79 Å². The molecule has 126 valence electrons. The number of aromatic amines is 1. The summed E-state index contributed by atoms with van der Waals surface area (Å²) in [7, 11) is 1.55. The molecule has 1 aliphatic rings. The lowest BCUT2D eigenvalue weighted by Gasteiger charge is -2.21. The SMILES string of the molecule is COC1N/C(=C\c2c[nH]c3ncc(Cl)cc23)C(=O)N1c1ccccc1. The second kappa shape index (κ2) is 6.23. The minimum absolute atomic E-state index is 0.164. The summed E-state index contributed by atoms with van der Waals surface area (Å²) in [4.78, 5) is 21.7. The van der Waals surface area contributed by atoms with E-state index in [2.05, 4.69) is 15.3 Å². The number of rotatable bonds is 3. The quantitative estimate of drug-likeness (QED) is 0.709. The number of H-pyrrole nitrogens is 1. The number of ether oxygens (including phenoxy) is 1. The van der Waals surface area contributed by atoms with Gasteiger partial charge in [-0.3, -0.25) is 9.69 Å². The second-order valence-electron chi connectivity index (χ2n) is 5.59. The molecule has 0 bridgehead atoms. The average Bonchev–Trinajstić information content (AvgIpc) is 3.17. The van der Waals surface area contributed by atoms with E-state index < -0.39 is 6.35 Å². The van der Waals surface area contributed by atoms with Crippen molar-refractivity contribution in [1.29, 1.82) is 0 Å². The minimum Gasteiger partial charge on any atom is -0.346 e. The maximum absolute atomic E-state index is 12.9. The summed E-state index contributed by atoms with van der Waals surface area (Å²) in [5.74, 6) is -0.164. The van der Waals surface area contributed by atoms with Crippen LogP contribution in [0.25, 0.3) is 17.1 Å². The van der Waals surface area contributed by atoms with Gasteiger partial charge in [-0.15, -0.1) is 0 Å². The Kier molecular flexibility index (Phi) is 3.91. The summed E-state index contributed by atoms with van der Waals surface area (Å²) in [5, 5.41) is 4.49.